The van der Waals surface area contributed by atoms with Gasteiger partial charge in [0.15, 0.2) is 15.8 Å². The Morgan fingerprint density at radius 2 is 1.58 bits per heavy atom. The molecule has 0 spiro atoms. The van der Waals surface area contributed by atoms with Crippen LogP contribution in [-0.2, 0) is 9.84 Å². The Morgan fingerprint density at radius 3 is 2.19 bits per heavy atom. The summed E-state index contributed by atoms with van der Waals surface area (Å²) in [7, 11) is -2.81. The summed E-state index contributed by atoms with van der Waals surface area (Å²) in [5, 5.41) is 3.78. The summed E-state index contributed by atoms with van der Waals surface area (Å²) in [6.07, 6.45) is 12.8. The van der Waals surface area contributed by atoms with Crippen molar-refractivity contribution in [2.45, 2.75) is 70.3 Å². The number of nitrogens with zero attached hydrogens (tertiary/aromatic N) is 2. The second-order valence-corrected chi connectivity index (χ2v) is 11.4. The molecule has 1 N–H and O–H groups in total. The first-order chi connectivity index (χ1) is 12.6. The minimum atomic E-state index is -2.81. The lowest BCUT2D eigenvalue weighted by Gasteiger charge is -2.29. The van der Waals surface area contributed by atoms with Crippen molar-refractivity contribution in [1.82, 2.24) is 10.2 Å². The molecule has 2 aliphatic heterocycles. The second kappa shape index (κ2) is 8.07. The summed E-state index contributed by atoms with van der Waals surface area (Å²) >= 11 is 0. The highest BCUT2D eigenvalue weighted by Gasteiger charge is 2.36. The number of nitrogens with one attached hydrogen (secondary N) is 1. The van der Waals surface area contributed by atoms with Gasteiger partial charge in [-0.05, 0) is 49.9 Å². The largest absolute Gasteiger partial charge is 0.354 e. The van der Waals surface area contributed by atoms with Gasteiger partial charge in [-0.1, -0.05) is 32.1 Å². The number of hydrogen-bond donors (Lipinski definition) is 1. The third-order valence-corrected chi connectivity index (χ3v) is 8.88. The van der Waals surface area contributed by atoms with Crippen LogP contribution in [0.4, 0.5) is 0 Å². The second-order valence-electron chi connectivity index (χ2n) is 9.12. The molecule has 0 aromatic carbocycles. The molecular formula is C20H35N3O2S. The quantitative estimate of drug-likeness (QED) is 0.603. The summed E-state index contributed by atoms with van der Waals surface area (Å²) in [4.78, 5) is 7.47. The Balaban J connectivity index is 1.43. The van der Waals surface area contributed by atoms with Gasteiger partial charge >= 0.3 is 0 Å². The highest BCUT2D eigenvalue weighted by molar-refractivity contribution is 7.91. The number of guanidine groups is 1. The molecule has 5 nitrogen and oxygen atoms in total. The van der Waals surface area contributed by atoms with Gasteiger partial charge in [0.25, 0.3) is 0 Å². The average molecular weight is 382 g/mol. The van der Waals surface area contributed by atoms with Crippen molar-refractivity contribution in [1.29, 1.82) is 0 Å². The lowest BCUT2D eigenvalue weighted by atomic mass is 9.82. The van der Waals surface area contributed by atoms with Gasteiger partial charge in [-0.3, -0.25) is 4.99 Å². The van der Waals surface area contributed by atoms with Crippen LogP contribution in [0.2, 0.25) is 0 Å². The zero-order valence-corrected chi connectivity index (χ0v) is 16.9. The van der Waals surface area contributed by atoms with Crippen molar-refractivity contribution in [3.05, 3.63) is 0 Å². The maximum atomic E-state index is 11.8. The topological polar surface area (TPSA) is 61.8 Å². The molecule has 4 fully saturated rings. The van der Waals surface area contributed by atoms with E-state index in [1.165, 1.54) is 57.8 Å². The Bertz CT molecular complexity index is 599. The number of aliphatic imine (C=N–C) groups is 1. The molecule has 26 heavy (non-hydrogen) atoms. The molecule has 0 aromatic rings. The van der Waals surface area contributed by atoms with Crippen LogP contribution in [0.5, 0.6) is 0 Å². The van der Waals surface area contributed by atoms with Gasteiger partial charge in [-0.15, -0.1) is 0 Å². The van der Waals surface area contributed by atoms with Crippen molar-refractivity contribution in [2.24, 2.45) is 22.7 Å². The van der Waals surface area contributed by atoms with E-state index in [1.54, 1.807) is 0 Å². The number of rotatable bonds is 3. The van der Waals surface area contributed by atoms with E-state index in [9.17, 15) is 8.42 Å². The van der Waals surface area contributed by atoms with Gasteiger partial charge < -0.3 is 10.2 Å². The van der Waals surface area contributed by atoms with E-state index >= 15 is 0 Å². The molecule has 2 heterocycles. The molecule has 2 saturated heterocycles. The van der Waals surface area contributed by atoms with Crippen molar-refractivity contribution >= 4 is 15.8 Å². The van der Waals surface area contributed by atoms with E-state index in [0.717, 1.165) is 37.3 Å². The lowest BCUT2D eigenvalue weighted by molar-refractivity contribution is 0.299. The smallest absolute Gasteiger partial charge is 0.194 e. The lowest BCUT2D eigenvalue weighted by Crippen LogP contribution is -2.46. The van der Waals surface area contributed by atoms with E-state index in [1.807, 2.05) is 0 Å². The van der Waals surface area contributed by atoms with E-state index in [4.69, 9.17) is 4.99 Å². The van der Waals surface area contributed by atoms with Crippen LogP contribution in [-0.4, -0.2) is 56.5 Å². The third-order valence-electron chi connectivity index (χ3n) is 7.04. The minimum absolute atomic E-state index is 0.216. The highest BCUT2D eigenvalue weighted by Crippen LogP contribution is 2.36. The van der Waals surface area contributed by atoms with Gasteiger partial charge in [0, 0.05) is 25.7 Å². The molecule has 0 aromatic heterocycles. The van der Waals surface area contributed by atoms with E-state index in [0.29, 0.717) is 24.1 Å². The molecule has 3 atom stereocenters. The molecule has 0 bridgehead atoms. The predicted octanol–water partition coefficient (Wildman–Crippen LogP) is 2.82. The highest BCUT2D eigenvalue weighted by atomic mass is 32.2. The molecule has 4 rings (SSSR count). The first-order valence-electron chi connectivity index (χ1n) is 10.9. The molecule has 0 radical (unpaired) electrons. The fourth-order valence-electron chi connectivity index (χ4n) is 5.48. The van der Waals surface area contributed by atoms with Crippen molar-refractivity contribution in [3.63, 3.8) is 0 Å². The summed E-state index contributed by atoms with van der Waals surface area (Å²) < 4.78 is 23.5. The van der Waals surface area contributed by atoms with Crippen LogP contribution >= 0.6 is 0 Å². The maximum absolute atomic E-state index is 11.8. The Morgan fingerprint density at radius 1 is 0.923 bits per heavy atom. The monoisotopic (exact) mass is 381 g/mol. The summed E-state index contributed by atoms with van der Waals surface area (Å²) in [6.45, 7) is 2.96. The Hall–Kier alpha value is -0.780. The van der Waals surface area contributed by atoms with Crippen molar-refractivity contribution < 1.29 is 8.42 Å². The maximum Gasteiger partial charge on any atom is 0.194 e. The Kier molecular flexibility index (Phi) is 5.77. The summed E-state index contributed by atoms with van der Waals surface area (Å²) in [5.74, 6) is 3.66. The predicted molar refractivity (Wildman–Crippen MR) is 106 cm³/mol. The first-order valence-corrected chi connectivity index (χ1v) is 12.7. The Labute approximate surface area is 158 Å². The van der Waals surface area contributed by atoms with Crippen LogP contribution < -0.4 is 5.32 Å². The van der Waals surface area contributed by atoms with Crippen LogP contribution in [0.25, 0.3) is 0 Å². The SMILES string of the molecule is O=S1(=O)CCC(CN=C(NC2CCCCC2)N2CC3CCCCC3C2)C1. The average Bonchev–Trinajstić information content (AvgIpc) is 3.22. The molecular weight excluding hydrogens is 346 g/mol. The number of likely N-dealkylation sites (tertiary alicyclic amines) is 1. The van der Waals surface area contributed by atoms with E-state index in [2.05, 4.69) is 10.2 Å². The van der Waals surface area contributed by atoms with Crippen LogP contribution in [0.15, 0.2) is 4.99 Å². The normalized spacial score (nSPS) is 35.5. The van der Waals surface area contributed by atoms with Crippen molar-refractivity contribution in [2.75, 3.05) is 31.1 Å². The van der Waals surface area contributed by atoms with Crippen LogP contribution in [0.1, 0.15) is 64.2 Å². The molecule has 148 valence electrons. The van der Waals surface area contributed by atoms with Crippen molar-refractivity contribution in [3.8, 4) is 0 Å². The standard InChI is InChI=1S/C20H35N3O2S/c24-26(25)11-10-16(15-26)12-21-20(22-19-8-2-1-3-9-19)23-13-17-6-4-5-7-18(17)14-23/h16-19H,1-15H2,(H,21,22). The van der Waals surface area contributed by atoms with Gasteiger partial charge in [0.1, 0.15) is 0 Å². The minimum Gasteiger partial charge on any atom is -0.354 e. The first kappa shape index (κ1) is 18.6. The van der Waals surface area contributed by atoms with E-state index < -0.39 is 9.84 Å². The van der Waals surface area contributed by atoms with Gasteiger partial charge in [-0.2, -0.15) is 0 Å². The molecule has 0 amide bonds. The van der Waals surface area contributed by atoms with Gasteiger partial charge in [-0.25, -0.2) is 8.42 Å². The number of hydrogen-bond acceptors (Lipinski definition) is 3. The summed E-state index contributed by atoms with van der Waals surface area (Å²) in [6, 6.07) is 0.553. The number of fused-ring (bicyclic) bond motifs is 1. The molecule has 6 heteroatoms. The number of sulfone groups is 1. The third kappa shape index (κ3) is 4.55. The summed E-state index contributed by atoms with van der Waals surface area (Å²) in [5.41, 5.74) is 0. The zero-order chi connectivity index (χ0) is 18.0. The van der Waals surface area contributed by atoms with Crippen LogP contribution in [0.3, 0.4) is 0 Å². The zero-order valence-electron chi connectivity index (χ0n) is 16.0. The van der Waals surface area contributed by atoms with Crippen LogP contribution in [0, 0.1) is 17.8 Å². The molecule has 3 unspecified atom stereocenters. The molecule has 2 aliphatic carbocycles. The molecule has 2 saturated carbocycles. The van der Waals surface area contributed by atoms with Gasteiger partial charge in [0.05, 0.1) is 11.5 Å². The van der Waals surface area contributed by atoms with Gasteiger partial charge in [0.2, 0.25) is 0 Å². The fourth-order valence-corrected chi connectivity index (χ4v) is 7.33. The van der Waals surface area contributed by atoms with E-state index in [-0.39, 0.29) is 5.92 Å². The molecule has 4 aliphatic rings. The fraction of sp³-hybridized carbons (Fsp3) is 0.950.